The van der Waals surface area contributed by atoms with Gasteiger partial charge in [0.1, 0.15) is 18.4 Å². The van der Waals surface area contributed by atoms with Crippen molar-refractivity contribution in [2.75, 3.05) is 5.75 Å². The van der Waals surface area contributed by atoms with E-state index in [1.54, 1.807) is 0 Å². The van der Waals surface area contributed by atoms with Gasteiger partial charge >= 0.3 is 11.9 Å². The van der Waals surface area contributed by atoms with Crippen LogP contribution in [0.1, 0.15) is 98.3 Å². The van der Waals surface area contributed by atoms with Crippen molar-refractivity contribution in [3.05, 3.63) is 37.2 Å². The van der Waals surface area contributed by atoms with E-state index >= 15 is 0 Å². The molecule has 0 unspecified atom stereocenters. The van der Waals surface area contributed by atoms with Crippen LogP contribution >= 0.6 is 11.8 Å². The molecule has 3 saturated carbocycles. The van der Waals surface area contributed by atoms with Crippen LogP contribution in [0.15, 0.2) is 42.1 Å². The third-order valence-electron chi connectivity index (χ3n) is 11.6. The molecule has 7 nitrogen and oxygen atoms in total. The van der Waals surface area contributed by atoms with Crippen molar-refractivity contribution in [3.63, 3.8) is 0 Å². The van der Waals surface area contributed by atoms with E-state index in [4.69, 9.17) is 9.84 Å². The fourth-order valence-electron chi connectivity index (χ4n) is 8.63. The second kappa shape index (κ2) is 13.8. The maximum atomic E-state index is 13.6. The molecule has 1 aromatic heterocycles. The zero-order valence-corrected chi connectivity index (χ0v) is 27.4. The number of unbranched alkanes of at least 4 members (excludes halogenated alkanes) is 4. The molecule has 3 aliphatic carbocycles. The minimum absolute atomic E-state index is 0.0457. The first-order valence-corrected chi connectivity index (χ1v) is 17.2. The van der Waals surface area contributed by atoms with Crippen LogP contribution in [0.25, 0.3) is 0 Å². The molecule has 1 aromatic rings. The number of carbonyl (C=O) groups is 3. The van der Waals surface area contributed by atoms with Gasteiger partial charge in [-0.15, -0.1) is 18.3 Å². The number of hydrogen-bond acceptors (Lipinski definition) is 6. The van der Waals surface area contributed by atoms with Gasteiger partial charge in [-0.2, -0.15) is 0 Å². The largest absolute Gasteiger partial charge is 0.481 e. The SMILES string of the molecule is C=C[C@]1(C)C[C@@H](OC(=O)CSc2cc[n+](CCCCCCCC(=O)O)cc2)[C@]2(C)[C@H](C)CC[C@]3(CCC(=O)[C@H]32)[C@@H](C)[C@@H]1O. The Morgan fingerprint density at radius 1 is 1.12 bits per heavy atom. The standard InChI is InChI=1S/C35H51NO6S/c1-6-33(4)22-28(34(5)24(2)13-17-35(25(3)32(33)41)18-14-27(37)31(34)35)42-30(40)23-43-26-15-20-36(21-16-26)19-11-9-7-8-10-12-29(38)39/h6,15-16,20-21,24-25,28,31-32,41H,1,7-14,17-19,22-23H2,2-5H3/p+1/t24-,25+,28-,31+,32+,33-,34+,35+/m1/s1. The molecule has 8 heteroatoms. The summed E-state index contributed by atoms with van der Waals surface area (Å²) in [4.78, 5) is 38.6. The number of carboxylic acids is 1. The van der Waals surface area contributed by atoms with E-state index in [9.17, 15) is 19.5 Å². The number of aryl methyl sites for hydroxylation is 1. The van der Waals surface area contributed by atoms with Crippen molar-refractivity contribution in [3.8, 4) is 0 Å². The van der Waals surface area contributed by atoms with Crippen molar-refractivity contribution >= 4 is 29.5 Å². The molecule has 0 amide bonds. The number of hydrogen-bond donors (Lipinski definition) is 2. The Hall–Kier alpha value is -2.19. The van der Waals surface area contributed by atoms with Crippen LogP contribution in [0, 0.1) is 34.0 Å². The lowest BCUT2D eigenvalue weighted by Gasteiger charge is -2.61. The van der Waals surface area contributed by atoms with Crippen LogP contribution in [0.4, 0.5) is 0 Å². The van der Waals surface area contributed by atoms with Crippen LogP contribution in [0.3, 0.4) is 0 Å². The van der Waals surface area contributed by atoms with Crippen LogP contribution in [-0.4, -0.2) is 45.9 Å². The molecule has 3 aliphatic rings. The van der Waals surface area contributed by atoms with Crippen LogP contribution in [-0.2, 0) is 25.7 Å². The van der Waals surface area contributed by atoms with Gasteiger partial charge in [-0.25, -0.2) is 4.57 Å². The molecule has 8 atom stereocenters. The molecule has 1 heterocycles. The summed E-state index contributed by atoms with van der Waals surface area (Å²) >= 11 is 1.45. The van der Waals surface area contributed by atoms with Crippen molar-refractivity contribution in [2.24, 2.45) is 34.0 Å². The van der Waals surface area contributed by atoms with E-state index in [2.05, 4.69) is 31.9 Å². The monoisotopic (exact) mass is 614 g/mol. The highest BCUT2D eigenvalue weighted by atomic mass is 32.2. The zero-order valence-electron chi connectivity index (χ0n) is 26.6. The van der Waals surface area contributed by atoms with Gasteiger partial charge in [0.05, 0.1) is 11.9 Å². The Bertz CT molecular complexity index is 1170. The van der Waals surface area contributed by atoms with Crippen LogP contribution < -0.4 is 4.57 Å². The Balaban J connectivity index is 1.39. The number of aromatic nitrogens is 1. The third kappa shape index (κ3) is 6.90. The summed E-state index contributed by atoms with van der Waals surface area (Å²) < 4.78 is 8.50. The smallest absolute Gasteiger partial charge is 0.316 e. The molecular formula is C35H52NO6S+. The molecule has 0 saturated heterocycles. The third-order valence-corrected chi connectivity index (χ3v) is 12.6. The molecule has 4 rings (SSSR count). The molecule has 0 aromatic carbocycles. The number of Topliss-reactive ketones (excluding diaryl/α,β-unsaturated/α-hetero) is 1. The molecule has 0 radical (unpaired) electrons. The van der Waals surface area contributed by atoms with Gasteiger partial charge < -0.3 is 14.9 Å². The number of nitrogens with zero attached hydrogens (tertiary/aromatic N) is 1. The van der Waals surface area contributed by atoms with Gasteiger partial charge in [-0.05, 0) is 55.8 Å². The number of rotatable bonds is 13. The summed E-state index contributed by atoms with van der Waals surface area (Å²) in [6, 6.07) is 4.03. The number of carbonyl (C=O) groups excluding carboxylic acids is 2. The van der Waals surface area contributed by atoms with E-state index in [0.717, 1.165) is 62.8 Å². The van der Waals surface area contributed by atoms with Crippen molar-refractivity contribution in [1.29, 1.82) is 0 Å². The molecular weight excluding hydrogens is 562 g/mol. The van der Waals surface area contributed by atoms with E-state index in [-0.39, 0.29) is 47.1 Å². The summed E-state index contributed by atoms with van der Waals surface area (Å²) in [6.07, 6.45) is 13.5. The Morgan fingerprint density at radius 3 is 2.47 bits per heavy atom. The van der Waals surface area contributed by atoms with Gasteiger partial charge in [0.25, 0.3) is 0 Å². The van der Waals surface area contributed by atoms with Crippen LogP contribution in [0.2, 0.25) is 0 Å². The van der Waals surface area contributed by atoms with E-state index in [1.807, 2.05) is 37.5 Å². The van der Waals surface area contributed by atoms with Gasteiger partial charge in [-0.3, -0.25) is 14.4 Å². The zero-order chi connectivity index (χ0) is 31.4. The summed E-state index contributed by atoms with van der Waals surface area (Å²) in [6.45, 7) is 13.5. The highest BCUT2D eigenvalue weighted by Gasteiger charge is 2.68. The molecule has 0 aliphatic heterocycles. The lowest BCUT2D eigenvalue weighted by Crippen LogP contribution is -2.63. The first-order valence-electron chi connectivity index (χ1n) is 16.2. The van der Waals surface area contributed by atoms with Crippen molar-refractivity contribution in [2.45, 2.75) is 122 Å². The van der Waals surface area contributed by atoms with Gasteiger partial charge in [0.15, 0.2) is 12.4 Å². The second-order valence-electron chi connectivity index (χ2n) is 14.0. The predicted octanol–water partition coefficient (Wildman–Crippen LogP) is 6.40. The van der Waals surface area contributed by atoms with E-state index < -0.39 is 29.0 Å². The first-order chi connectivity index (χ1) is 20.4. The number of carboxylic acid groups (broad SMARTS) is 1. The average molecular weight is 615 g/mol. The lowest BCUT2D eigenvalue weighted by atomic mass is 9.44. The van der Waals surface area contributed by atoms with Crippen molar-refractivity contribution in [1.82, 2.24) is 0 Å². The molecule has 43 heavy (non-hydrogen) atoms. The number of aliphatic hydroxyl groups excluding tert-OH is 1. The number of ketones is 1. The number of thioether (sulfide) groups is 1. The molecule has 2 bridgehead atoms. The molecule has 238 valence electrons. The topological polar surface area (TPSA) is 105 Å². The van der Waals surface area contributed by atoms with Gasteiger partial charge in [0.2, 0.25) is 0 Å². The molecule has 0 spiro atoms. The average Bonchev–Trinajstić information content (AvgIpc) is 3.34. The quantitative estimate of drug-likeness (QED) is 0.0871. The Labute approximate surface area is 261 Å². The minimum atomic E-state index is -0.725. The fraction of sp³-hybridized carbons (Fsp3) is 0.714. The molecule has 3 fully saturated rings. The summed E-state index contributed by atoms with van der Waals surface area (Å²) in [5, 5.41) is 20.4. The Morgan fingerprint density at radius 2 is 1.79 bits per heavy atom. The van der Waals surface area contributed by atoms with E-state index in [0.29, 0.717) is 12.8 Å². The highest BCUT2D eigenvalue weighted by molar-refractivity contribution is 8.00. The van der Waals surface area contributed by atoms with Gasteiger partial charge in [-0.1, -0.05) is 46.6 Å². The van der Waals surface area contributed by atoms with E-state index in [1.165, 1.54) is 11.8 Å². The Kier molecular flexibility index (Phi) is 10.9. The van der Waals surface area contributed by atoms with Crippen molar-refractivity contribution < 1.29 is 33.9 Å². The normalized spacial score (nSPS) is 35.5. The molecule has 2 N–H and O–H groups in total. The predicted molar refractivity (Wildman–Crippen MR) is 167 cm³/mol. The minimum Gasteiger partial charge on any atom is -0.481 e. The fourth-order valence-corrected chi connectivity index (χ4v) is 9.29. The lowest BCUT2D eigenvalue weighted by molar-refractivity contribution is -0.697. The number of aliphatic carboxylic acids is 1. The van der Waals surface area contributed by atoms with Gasteiger partial charge in [0, 0.05) is 53.0 Å². The maximum Gasteiger partial charge on any atom is 0.316 e. The summed E-state index contributed by atoms with van der Waals surface area (Å²) in [7, 11) is 0. The number of esters is 1. The number of pyridine rings is 1. The maximum absolute atomic E-state index is 13.6. The summed E-state index contributed by atoms with van der Waals surface area (Å²) in [5.41, 5.74) is -1.41. The first kappa shape index (κ1) is 33.7. The highest BCUT2D eigenvalue weighted by Crippen LogP contribution is 2.68. The second-order valence-corrected chi connectivity index (χ2v) is 15.1. The van der Waals surface area contributed by atoms with Crippen LogP contribution in [0.5, 0.6) is 0 Å². The summed E-state index contributed by atoms with van der Waals surface area (Å²) in [5.74, 6) is -0.631. The number of ether oxygens (including phenoxy) is 1. The number of aliphatic hydroxyl groups is 1.